The quantitative estimate of drug-likeness (QED) is 0.785. The van der Waals surface area contributed by atoms with Crippen LogP contribution in [0.25, 0.3) is 0 Å². The standard InChI is InChI=1S/C13H18N4O2S/c1-20(18,19)9-8-16-4-6-17(7-5-16)13-3-2-12(10-14)11-15-13/h2-3,11H,4-9H2,1H3. The maximum absolute atomic E-state index is 11.1. The first-order valence-electron chi connectivity index (χ1n) is 6.49. The van der Waals surface area contributed by atoms with Gasteiger partial charge in [0.25, 0.3) is 0 Å². The molecule has 0 saturated carbocycles. The molecule has 0 N–H and O–H groups in total. The first kappa shape index (κ1) is 14.8. The Morgan fingerprint density at radius 2 is 2.00 bits per heavy atom. The van der Waals surface area contributed by atoms with Crippen molar-refractivity contribution in [2.24, 2.45) is 0 Å². The summed E-state index contributed by atoms with van der Waals surface area (Å²) in [5, 5.41) is 8.74. The van der Waals surface area contributed by atoms with Crippen molar-refractivity contribution in [3.05, 3.63) is 23.9 Å². The van der Waals surface area contributed by atoms with E-state index in [0.29, 0.717) is 12.1 Å². The summed E-state index contributed by atoms with van der Waals surface area (Å²) >= 11 is 0. The van der Waals surface area contributed by atoms with E-state index in [1.807, 2.05) is 12.1 Å². The lowest BCUT2D eigenvalue weighted by Crippen LogP contribution is -2.47. The second kappa shape index (κ2) is 6.20. The lowest BCUT2D eigenvalue weighted by atomic mass is 10.2. The van der Waals surface area contributed by atoms with Crippen LogP contribution in [0.15, 0.2) is 18.3 Å². The van der Waals surface area contributed by atoms with Crippen molar-refractivity contribution in [2.45, 2.75) is 0 Å². The molecule has 2 heterocycles. The summed E-state index contributed by atoms with van der Waals surface area (Å²) < 4.78 is 22.3. The molecule has 0 unspecified atom stereocenters. The molecule has 1 aromatic rings. The van der Waals surface area contributed by atoms with Gasteiger partial charge < -0.3 is 4.90 Å². The van der Waals surface area contributed by atoms with Gasteiger partial charge in [-0.25, -0.2) is 13.4 Å². The van der Waals surface area contributed by atoms with Gasteiger partial charge in [0.1, 0.15) is 21.7 Å². The minimum atomic E-state index is -2.90. The minimum Gasteiger partial charge on any atom is -0.354 e. The predicted molar refractivity (Wildman–Crippen MR) is 77.3 cm³/mol. The van der Waals surface area contributed by atoms with Crippen LogP contribution in [-0.2, 0) is 9.84 Å². The second-order valence-corrected chi connectivity index (χ2v) is 7.24. The zero-order valence-corrected chi connectivity index (χ0v) is 12.3. The monoisotopic (exact) mass is 294 g/mol. The Hall–Kier alpha value is -1.65. The highest BCUT2D eigenvalue weighted by atomic mass is 32.2. The van der Waals surface area contributed by atoms with Crippen molar-refractivity contribution in [3.63, 3.8) is 0 Å². The van der Waals surface area contributed by atoms with Crippen LogP contribution in [0.2, 0.25) is 0 Å². The lowest BCUT2D eigenvalue weighted by Gasteiger charge is -2.35. The van der Waals surface area contributed by atoms with E-state index in [1.54, 1.807) is 12.3 Å². The first-order chi connectivity index (χ1) is 9.48. The Bertz CT molecular complexity index is 584. The average Bonchev–Trinajstić information content (AvgIpc) is 2.45. The third-order valence-corrected chi connectivity index (χ3v) is 4.28. The Balaban J connectivity index is 1.86. The molecule has 0 amide bonds. The van der Waals surface area contributed by atoms with Crippen LogP contribution in [0.3, 0.4) is 0 Å². The van der Waals surface area contributed by atoms with Gasteiger partial charge in [-0.1, -0.05) is 0 Å². The third-order valence-electron chi connectivity index (χ3n) is 3.35. The largest absolute Gasteiger partial charge is 0.354 e. The molecule has 2 rings (SSSR count). The SMILES string of the molecule is CS(=O)(=O)CCN1CCN(c2ccc(C#N)cn2)CC1. The molecule has 7 heteroatoms. The summed E-state index contributed by atoms with van der Waals surface area (Å²) in [6, 6.07) is 5.66. The van der Waals surface area contributed by atoms with Crippen LogP contribution < -0.4 is 4.90 Å². The summed E-state index contributed by atoms with van der Waals surface area (Å²) in [5.41, 5.74) is 0.556. The lowest BCUT2D eigenvalue weighted by molar-refractivity contribution is 0.271. The van der Waals surface area contributed by atoms with Gasteiger partial charge in [-0.15, -0.1) is 0 Å². The van der Waals surface area contributed by atoms with Gasteiger partial charge >= 0.3 is 0 Å². The summed E-state index contributed by atoms with van der Waals surface area (Å²) in [5.74, 6) is 1.08. The van der Waals surface area contributed by atoms with E-state index in [9.17, 15) is 8.42 Å². The molecule has 0 radical (unpaired) electrons. The van der Waals surface area contributed by atoms with Crippen LogP contribution in [0, 0.1) is 11.3 Å². The highest BCUT2D eigenvalue weighted by Crippen LogP contribution is 2.13. The highest BCUT2D eigenvalue weighted by Gasteiger charge is 2.18. The maximum Gasteiger partial charge on any atom is 0.148 e. The first-order valence-corrected chi connectivity index (χ1v) is 8.55. The fraction of sp³-hybridized carbons (Fsp3) is 0.538. The van der Waals surface area contributed by atoms with E-state index in [1.165, 1.54) is 6.26 Å². The number of piperazine rings is 1. The van der Waals surface area contributed by atoms with Gasteiger partial charge in [0, 0.05) is 45.2 Å². The van der Waals surface area contributed by atoms with Crippen molar-refractivity contribution < 1.29 is 8.42 Å². The molecule has 1 aliphatic heterocycles. The fourth-order valence-electron chi connectivity index (χ4n) is 2.13. The molecule has 0 atom stereocenters. The number of anilines is 1. The minimum absolute atomic E-state index is 0.210. The van der Waals surface area contributed by atoms with E-state index in [0.717, 1.165) is 32.0 Å². The number of sulfone groups is 1. The number of nitrogens with zero attached hydrogens (tertiary/aromatic N) is 4. The number of hydrogen-bond donors (Lipinski definition) is 0. The van der Waals surface area contributed by atoms with Crippen LogP contribution in [0.1, 0.15) is 5.56 Å². The van der Waals surface area contributed by atoms with Crippen LogP contribution in [0.4, 0.5) is 5.82 Å². The normalized spacial score (nSPS) is 16.9. The smallest absolute Gasteiger partial charge is 0.148 e. The number of nitriles is 1. The molecule has 108 valence electrons. The predicted octanol–water partition coefficient (Wildman–Crippen LogP) is 0.120. The van der Waals surface area contributed by atoms with Crippen LogP contribution >= 0.6 is 0 Å². The third kappa shape index (κ3) is 4.18. The summed E-state index contributed by atoms with van der Waals surface area (Å²) in [4.78, 5) is 8.58. The van der Waals surface area contributed by atoms with E-state index < -0.39 is 9.84 Å². The maximum atomic E-state index is 11.1. The molecule has 20 heavy (non-hydrogen) atoms. The zero-order chi connectivity index (χ0) is 14.6. The number of aromatic nitrogens is 1. The molecule has 1 aliphatic rings. The summed E-state index contributed by atoms with van der Waals surface area (Å²) in [7, 11) is -2.90. The van der Waals surface area contributed by atoms with Crippen molar-refractivity contribution in [1.82, 2.24) is 9.88 Å². The van der Waals surface area contributed by atoms with Gasteiger partial charge in [-0.3, -0.25) is 4.90 Å². The molecule has 6 nitrogen and oxygen atoms in total. The number of rotatable bonds is 4. The molecule has 0 aromatic carbocycles. The van der Waals surface area contributed by atoms with Crippen LogP contribution in [-0.4, -0.2) is 63.0 Å². The molecule has 0 bridgehead atoms. The molecular formula is C13H18N4O2S. The van der Waals surface area contributed by atoms with Gasteiger partial charge in [0.15, 0.2) is 0 Å². The fourth-order valence-corrected chi connectivity index (χ4v) is 2.72. The Kier molecular flexibility index (Phi) is 4.57. The molecule has 0 aliphatic carbocycles. The van der Waals surface area contributed by atoms with E-state index in [-0.39, 0.29) is 5.75 Å². The number of pyridine rings is 1. The molecular weight excluding hydrogens is 276 g/mol. The van der Waals surface area contributed by atoms with Gasteiger partial charge in [0.05, 0.1) is 11.3 Å². The van der Waals surface area contributed by atoms with Crippen molar-refractivity contribution in [2.75, 3.05) is 49.6 Å². The van der Waals surface area contributed by atoms with Gasteiger partial charge in [0.2, 0.25) is 0 Å². The molecule has 0 spiro atoms. The van der Waals surface area contributed by atoms with E-state index in [4.69, 9.17) is 5.26 Å². The zero-order valence-electron chi connectivity index (χ0n) is 11.5. The highest BCUT2D eigenvalue weighted by molar-refractivity contribution is 7.90. The Labute approximate surface area is 119 Å². The molecule has 1 fully saturated rings. The molecule has 1 aromatic heterocycles. The number of hydrogen-bond acceptors (Lipinski definition) is 6. The van der Waals surface area contributed by atoms with E-state index in [2.05, 4.69) is 14.8 Å². The Morgan fingerprint density at radius 3 is 2.50 bits per heavy atom. The Morgan fingerprint density at radius 1 is 1.30 bits per heavy atom. The van der Waals surface area contributed by atoms with Crippen molar-refractivity contribution in [3.8, 4) is 6.07 Å². The van der Waals surface area contributed by atoms with E-state index >= 15 is 0 Å². The van der Waals surface area contributed by atoms with Crippen LogP contribution in [0.5, 0.6) is 0 Å². The summed E-state index contributed by atoms with van der Waals surface area (Å²) in [6.07, 6.45) is 2.84. The summed E-state index contributed by atoms with van der Waals surface area (Å²) in [6.45, 7) is 3.90. The topological polar surface area (TPSA) is 77.3 Å². The molecule has 1 saturated heterocycles. The van der Waals surface area contributed by atoms with Gasteiger partial charge in [-0.05, 0) is 12.1 Å². The second-order valence-electron chi connectivity index (χ2n) is 4.98. The average molecular weight is 294 g/mol. The van der Waals surface area contributed by atoms with Gasteiger partial charge in [-0.2, -0.15) is 5.26 Å². The van der Waals surface area contributed by atoms with Crippen molar-refractivity contribution >= 4 is 15.7 Å². The van der Waals surface area contributed by atoms with Crippen molar-refractivity contribution in [1.29, 1.82) is 5.26 Å².